The maximum Gasteiger partial charge on any atom is 0.232 e. The lowest BCUT2D eigenvalue weighted by atomic mass is 9.69. The molecule has 29 heavy (non-hydrogen) atoms. The van der Waals surface area contributed by atoms with Crippen LogP contribution in [0.2, 0.25) is 0 Å². The molecule has 0 spiro atoms. The van der Waals surface area contributed by atoms with E-state index in [0.29, 0.717) is 24.1 Å². The molecule has 1 atom stereocenters. The smallest absolute Gasteiger partial charge is 0.232 e. The van der Waals surface area contributed by atoms with Gasteiger partial charge in [0.25, 0.3) is 0 Å². The zero-order valence-electron chi connectivity index (χ0n) is 17.0. The van der Waals surface area contributed by atoms with Crippen molar-refractivity contribution in [1.29, 1.82) is 5.26 Å². The largest absolute Gasteiger partial charge is 0.294 e. The number of nitrogens with zero attached hydrogens (tertiary/aromatic N) is 2. The summed E-state index contributed by atoms with van der Waals surface area (Å²) in [5.41, 5.74) is 4.41. The number of hydrogen-bond donors (Lipinski definition) is 0. The Labute approximate surface area is 171 Å². The first-order valence-electron chi connectivity index (χ1n) is 9.96. The SMILES string of the molecule is Cc1ccccc1C1CC(=O)N(c2ccccc2C#N)C2=C1C(=O)CC(C)(C)C2. The van der Waals surface area contributed by atoms with Crippen molar-refractivity contribution in [2.45, 2.75) is 46.0 Å². The number of ketones is 1. The molecule has 2 aromatic rings. The number of amides is 1. The topological polar surface area (TPSA) is 61.2 Å². The number of aryl methyl sites for hydroxylation is 1. The molecule has 2 aliphatic rings. The molecule has 4 rings (SSSR count). The molecule has 0 N–H and O–H groups in total. The zero-order chi connectivity index (χ0) is 20.8. The van der Waals surface area contributed by atoms with Crippen LogP contribution < -0.4 is 4.90 Å². The maximum atomic E-state index is 13.4. The third-order valence-electron chi connectivity index (χ3n) is 5.97. The lowest BCUT2D eigenvalue weighted by Crippen LogP contribution is -2.44. The Balaban J connectivity index is 1.96. The van der Waals surface area contributed by atoms with Gasteiger partial charge in [-0.25, -0.2) is 0 Å². The summed E-state index contributed by atoms with van der Waals surface area (Å²) >= 11 is 0. The molecule has 146 valence electrons. The molecule has 0 saturated carbocycles. The van der Waals surface area contributed by atoms with Gasteiger partial charge in [0.1, 0.15) is 6.07 Å². The van der Waals surface area contributed by atoms with Crippen LogP contribution in [-0.2, 0) is 9.59 Å². The number of rotatable bonds is 2. The van der Waals surface area contributed by atoms with E-state index in [1.54, 1.807) is 23.1 Å². The van der Waals surface area contributed by atoms with Gasteiger partial charge < -0.3 is 0 Å². The minimum atomic E-state index is -0.232. The first-order valence-corrected chi connectivity index (χ1v) is 9.96. The van der Waals surface area contributed by atoms with Crippen LogP contribution in [-0.4, -0.2) is 11.7 Å². The van der Waals surface area contributed by atoms with Crippen LogP contribution in [0.4, 0.5) is 5.69 Å². The molecule has 0 radical (unpaired) electrons. The van der Waals surface area contributed by atoms with Crippen LogP contribution in [0.25, 0.3) is 0 Å². The van der Waals surface area contributed by atoms with Gasteiger partial charge in [0.15, 0.2) is 5.78 Å². The van der Waals surface area contributed by atoms with Crippen LogP contribution in [0.5, 0.6) is 0 Å². The van der Waals surface area contributed by atoms with Crippen molar-refractivity contribution >= 4 is 17.4 Å². The number of carbonyl (C=O) groups is 2. The predicted molar refractivity (Wildman–Crippen MR) is 112 cm³/mol. The molecule has 4 nitrogen and oxygen atoms in total. The molecule has 1 amide bonds. The van der Waals surface area contributed by atoms with Gasteiger partial charge in [0.2, 0.25) is 5.91 Å². The van der Waals surface area contributed by atoms with Gasteiger partial charge in [-0.1, -0.05) is 50.2 Å². The molecule has 0 bridgehead atoms. The molecule has 2 aromatic carbocycles. The first kappa shape index (κ1) is 19.1. The summed E-state index contributed by atoms with van der Waals surface area (Å²) in [5.74, 6) is -0.186. The van der Waals surface area contributed by atoms with Crippen molar-refractivity contribution in [1.82, 2.24) is 0 Å². The van der Waals surface area contributed by atoms with Crippen molar-refractivity contribution < 1.29 is 9.59 Å². The van der Waals surface area contributed by atoms with Crippen molar-refractivity contribution in [2.24, 2.45) is 5.41 Å². The van der Waals surface area contributed by atoms with Crippen LogP contribution in [0.3, 0.4) is 0 Å². The Morgan fingerprint density at radius 3 is 2.45 bits per heavy atom. The molecule has 0 aromatic heterocycles. The average molecular weight is 384 g/mol. The number of nitriles is 1. The standard InChI is InChI=1S/C25H24N2O2/c1-16-8-4-6-10-18(16)19-12-23(29)27(20-11-7-5-9-17(20)15-26)21-13-25(2,3)14-22(28)24(19)21/h4-11,19H,12-14H2,1-3H3. The van der Waals surface area contributed by atoms with E-state index in [1.807, 2.05) is 37.3 Å². The number of anilines is 1. The van der Waals surface area contributed by atoms with Gasteiger partial charge in [0, 0.05) is 30.0 Å². The van der Waals surface area contributed by atoms with Gasteiger partial charge in [0.05, 0.1) is 11.3 Å². The molecule has 0 fully saturated rings. The Bertz CT molecular complexity index is 1090. The Morgan fingerprint density at radius 2 is 1.72 bits per heavy atom. The lowest BCUT2D eigenvalue weighted by molar-refractivity contribution is -0.121. The van der Waals surface area contributed by atoms with E-state index in [0.717, 1.165) is 22.4 Å². The minimum absolute atomic E-state index is 0.0646. The fourth-order valence-electron chi connectivity index (χ4n) is 4.70. The van der Waals surface area contributed by atoms with E-state index in [9.17, 15) is 14.9 Å². The summed E-state index contributed by atoms with van der Waals surface area (Å²) in [6.07, 6.45) is 1.33. The summed E-state index contributed by atoms with van der Waals surface area (Å²) in [4.78, 5) is 28.4. The summed E-state index contributed by atoms with van der Waals surface area (Å²) in [5, 5.41) is 9.58. The zero-order valence-corrected chi connectivity index (χ0v) is 17.0. The summed E-state index contributed by atoms with van der Waals surface area (Å²) in [7, 11) is 0. The van der Waals surface area contributed by atoms with E-state index < -0.39 is 0 Å². The normalized spacial score (nSPS) is 21.0. The molecular weight excluding hydrogens is 360 g/mol. The summed E-state index contributed by atoms with van der Waals surface area (Å²) in [6.45, 7) is 6.14. The van der Waals surface area contributed by atoms with Gasteiger partial charge in [-0.3, -0.25) is 14.5 Å². The molecule has 1 heterocycles. The second-order valence-corrected chi connectivity index (χ2v) is 8.77. The van der Waals surface area contributed by atoms with E-state index in [4.69, 9.17) is 0 Å². The number of benzene rings is 2. The number of para-hydroxylation sites is 1. The Kier molecular flexibility index (Phi) is 4.62. The molecule has 0 saturated heterocycles. The van der Waals surface area contributed by atoms with Gasteiger partial charge in [-0.05, 0) is 42.0 Å². The highest BCUT2D eigenvalue weighted by atomic mass is 16.2. The second kappa shape index (κ2) is 7.00. The third-order valence-corrected chi connectivity index (χ3v) is 5.97. The highest BCUT2D eigenvalue weighted by molar-refractivity contribution is 6.08. The summed E-state index contributed by atoms with van der Waals surface area (Å²) in [6, 6.07) is 17.3. The van der Waals surface area contributed by atoms with E-state index >= 15 is 0 Å². The lowest BCUT2D eigenvalue weighted by Gasteiger charge is -2.43. The van der Waals surface area contributed by atoms with Crippen LogP contribution in [0, 0.1) is 23.7 Å². The van der Waals surface area contributed by atoms with Crippen molar-refractivity contribution in [3.8, 4) is 6.07 Å². The van der Waals surface area contributed by atoms with Crippen molar-refractivity contribution in [3.05, 3.63) is 76.5 Å². The molecule has 1 aliphatic carbocycles. The van der Waals surface area contributed by atoms with Crippen molar-refractivity contribution in [3.63, 3.8) is 0 Å². The molecular formula is C25H24N2O2. The molecule has 4 heteroatoms. The summed E-state index contributed by atoms with van der Waals surface area (Å²) < 4.78 is 0. The van der Waals surface area contributed by atoms with E-state index in [2.05, 4.69) is 19.9 Å². The molecule has 1 aliphatic heterocycles. The highest BCUT2D eigenvalue weighted by Gasteiger charge is 2.44. The quantitative estimate of drug-likeness (QED) is 0.729. The van der Waals surface area contributed by atoms with Gasteiger partial charge >= 0.3 is 0 Å². The predicted octanol–water partition coefficient (Wildman–Crippen LogP) is 5.03. The van der Waals surface area contributed by atoms with Crippen LogP contribution in [0.1, 0.15) is 55.7 Å². The fourth-order valence-corrected chi connectivity index (χ4v) is 4.70. The van der Waals surface area contributed by atoms with Crippen molar-refractivity contribution in [2.75, 3.05) is 4.90 Å². The average Bonchev–Trinajstić information content (AvgIpc) is 2.67. The minimum Gasteiger partial charge on any atom is -0.294 e. The van der Waals surface area contributed by atoms with E-state index in [1.165, 1.54) is 0 Å². The number of allylic oxidation sites excluding steroid dienone is 2. The van der Waals surface area contributed by atoms with E-state index in [-0.39, 0.29) is 29.4 Å². The monoisotopic (exact) mass is 384 g/mol. The second-order valence-electron chi connectivity index (χ2n) is 8.77. The fraction of sp³-hybridized carbons (Fsp3) is 0.320. The Hall–Kier alpha value is -3.19. The number of carbonyl (C=O) groups excluding carboxylic acids is 2. The third kappa shape index (κ3) is 3.27. The molecule has 1 unspecified atom stereocenters. The highest BCUT2D eigenvalue weighted by Crippen LogP contribution is 2.48. The van der Waals surface area contributed by atoms with Gasteiger partial charge in [-0.2, -0.15) is 5.26 Å². The maximum absolute atomic E-state index is 13.4. The Morgan fingerprint density at radius 1 is 1.03 bits per heavy atom. The first-order chi connectivity index (χ1) is 13.8. The van der Waals surface area contributed by atoms with Crippen LogP contribution in [0.15, 0.2) is 59.8 Å². The van der Waals surface area contributed by atoms with Gasteiger partial charge in [-0.15, -0.1) is 0 Å². The number of Topliss-reactive ketones (excluding diaryl/α,β-unsaturated/α-hetero) is 1. The van der Waals surface area contributed by atoms with Crippen LogP contribution >= 0.6 is 0 Å². The number of hydrogen-bond acceptors (Lipinski definition) is 3.